The van der Waals surface area contributed by atoms with Crippen molar-refractivity contribution in [3.05, 3.63) is 139 Å². The number of hydrazine groups is 1. The molecule has 2 fully saturated rings. The van der Waals surface area contributed by atoms with Gasteiger partial charge in [-0.15, -0.1) is 0 Å². The van der Waals surface area contributed by atoms with Gasteiger partial charge in [-0.05, 0) is 77.7 Å². The quantitative estimate of drug-likeness (QED) is 0.155. The van der Waals surface area contributed by atoms with Crippen molar-refractivity contribution in [1.82, 2.24) is 18.9 Å². The molecule has 4 aromatic carbocycles. The molecule has 276 valence electrons. The van der Waals surface area contributed by atoms with E-state index in [1.807, 2.05) is 6.08 Å². The standard InChI is InChI=1S/C39H33Cl2N5O8/c1-52-25-12-9-22(10-13-25)39-27(35(48)45(36(39)49)42-29-14-11-23(40)19-28(29)41)20-30-26(33(39)21-17-31(53-2)34(47)32(18-21)54-3)15-16-43-37(50)44(38(51)46(30)43)24-7-5-4-6-8-24/h4-15,17-19,27,30,33,42,47H,16,20H2,1-3H3/t27-,30+,33-,39+/m0/s1. The van der Waals surface area contributed by atoms with Crippen LogP contribution < -0.4 is 31.0 Å². The number of rotatable bonds is 8. The Morgan fingerprint density at radius 1 is 0.833 bits per heavy atom. The second-order valence-electron chi connectivity index (χ2n) is 13.2. The smallest absolute Gasteiger partial charge is 0.352 e. The van der Waals surface area contributed by atoms with Crippen LogP contribution >= 0.6 is 23.2 Å². The molecule has 0 spiro atoms. The number of imide groups is 1. The maximum absolute atomic E-state index is 15.5. The van der Waals surface area contributed by atoms with Gasteiger partial charge in [0.05, 0.1) is 61.6 Å². The van der Waals surface area contributed by atoms with Crippen LogP contribution in [0.3, 0.4) is 0 Å². The van der Waals surface area contributed by atoms with Crippen molar-refractivity contribution < 1.29 is 28.9 Å². The summed E-state index contributed by atoms with van der Waals surface area (Å²) in [4.78, 5) is 58.7. The molecule has 4 atom stereocenters. The summed E-state index contributed by atoms with van der Waals surface area (Å²) in [5, 5.41) is 12.5. The SMILES string of the molecule is COc1ccc([C@@]23C(=O)N(Nc4ccc(Cl)cc4Cl)C(=O)[C@@H]2C[C@@H]2C(=CCn4c(=O)n(-c5ccccc5)c(=O)n42)[C@@H]3c2cc(OC)c(O)c(OC)c2)cc1. The molecular weight excluding hydrogens is 737 g/mol. The molecule has 0 bridgehead atoms. The van der Waals surface area contributed by atoms with Crippen molar-refractivity contribution in [2.75, 3.05) is 26.8 Å². The van der Waals surface area contributed by atoms with Gasteiger partial charge in [0.15, 0.2) is 11.5 Å². The zero-order valence-corrected chi connectivity index (χ0v) is 30.7. The fourth-order valence-corrected chi connectivity index (χ4v) is 8.81. The van der Waals surface area contributed by atoms with Gasteiger partial charge < -0.3 is 19.3 Å². The van der Waals surface area contributed by atoms with Gasteiger partial charge in [0.1, 0.15) is 5.75 Å². The zero-order valence-electron chi connectivity index (χ0n) is 29.2. The number of halogens is 2. The molecule has 1 saturated carbocycles. The van der Waals surface area contributed by atoms with Crippen LogP contribution in [0.4, 0.5) is 5.69 Å². The van der Waals surface area contributed by atoms with Gasteiger partial charge in [0.25, 0.3) is 11.8 Å². The average Bonchev–Trinajstić information content (AvgIpc) is 3.56. The predicted octanol–water partition coefficient (Wildman–Crippen LogP) is 5.46. The van der Waals surface area contributed by atoms with Gasteiger partial charge in [-0.3, -0.25) is 15.0 Å². The number of benzene rings is 4. The third-order valence-electron chi connectivity index (χ3n) is 10.7. The molecule has 8 rings (SSSR count). The highest BCUT2D eigenvalue weighted by molar-refractivity contribution is 6.36. The number of aromatic nitrogens is 3. The minimum atomic E-state index is -1.65. The van der Waals surface area contributed by atoms with E-state index in [9.17, 15) is 19.5 Å². The van der Waals surface area contributed by atoms with Crippen LogP contribution in [0.15, 0.2) is 106 Å². The fourth-order valence-electron chi connectivity index (χ4n) is 8.36. The highest BCUT2D eigenvalue weighted by Crippen LogP contribution is 2.63. The number of methoxy groups -OCH3 is 3. The van der Waals surface area contributed by atoms with Crippen molar-refractivity contribution in [2.45, 2.75) is 30.3 Å². The van der Waals surface area contributed by atoms with Crippen LogP contribution in [0.1, 0.15) is 29.5 Å². The number of carbonyl (C=O) groups excluding carboxylic acids is 2. The lowest BCUT2D eigenvalue weighted by molar-refractivity contribution is -0.138. The molecule has 0 radical (unpaired) electrons. The van der Waals surface area contributed by atoms with Crippen molar-refractivity contribution >= 4 is 40.7 Å². The molecule has 0 unspecified atom stereocenters. The maximum Gasteiger partial charge on any atom is 0.352 e. The van der Waals surface area contributed by atoms with Crippen LogP contribution in [0.2, 0.25) is 10.0 Å². The first-order valence-corrected chi connectivity index (χ1v) is 17.7. The number of hydrogen-bond acceptors (Lipinski definition) is 9. The Hall–Kier alpha value is -5.92. The topological polar surface area (TPSA) is 146 Å². The highest BCUT2D eigenvalue weighted by Gasteiger charge is 2.69. The summed E-state index contributed by atoms with van der Waals surface area (Å²) in [5.41, 5.74) is 2.37. The van der Waals surface area contributed by atoms with E-state index in [1.165, 1.54) is 36.8 Å². The molecule has 5 aromatic rings. The Bertz CT molecular complexity index is 2470. The number of carbonyl (C=O) groups is 2. The Balaban J connectivity index is 1.41. The van der Waals surface area contributed by atoms with Crippen molar-refractivity contribution in [1.29, 1.82) is 0 Å². The minimum absolute atomic E-state index is 0.00354. The Morgan fingerprint density at radius 2 is 1.52 bits per heavy atom. The van der Waals surface area contributed by atoms with E-state index in [2.05, 4.69) is 5.43 Å². The molecule has 1 aromatic heterocycles. The van der Waals surface area contributed by atoms with Crippen LogP contribution in [0.5, 0.6) is 23.0 Å². The van der Waals surface area contributed by atoms with Crippen LogP contribution in [-0.4, -0.2) is 57.2 Å². The van der Waals surface area contributed by atoms with E-state index >= 15 is 4.79 Å². The number of amides is 2. The summed E-state index contributed by atoms with van der Waals surface area (Å²) in [6.45, 7) is -0.00354. The number of fused-ring (bicyclic) bond motifs is 4. The molecular formula is C39H33Cl2N5O8. The first-order chi connectivity index (χ1) is 26.0. The average molecular weight is 771 g/mol. The van der Waals surface area contributed by atoms with Gasteiger partial charge in [-0.2, -0.15) is 5.01 Å². The molecule has 1 aliphatic carbocycles. The summed E-state index contributed by atoms with van der Waals surface area (Å²) in [6, 6.07) is 22.5. The molecule has 15 heteroatoms. The van der Waals surface area contributed by atoms with Crippen LogP contribution in [-0.2, 0) is 21.5 Å². The number of phenolic OH excluding ortho intramolecular Hbond substituents is 1. The minimum Gasteiger partial charge on any atom is -0.502 e. The number of allylic oxidation sites excluding steroid dienone is 2. The molecule has 13 nitrogen and oxygen atoms in total. The van der Waals surface area contributed by atoms with Crippen molar-refractivity contribution in [3.63, 3.8) is 0 Å². The van der Waals surface area contributed by atoms with Crippen molar-refractivity contribution in [2.24, 2.45) is 5.92 Å². The Labute approximate surface area is 318 Å². The monoisotopic (exact) mass is 769 g/mol. The van der Waals surface area contributed by atoms with E-state index in [4.69, 9.17) is 37.4 Å². The third kappa shape index (κ3) is 5.06. The van der Waals surface area contributed by atoms with E-state index < -0.39 is 46.5 Å². The lowest BCUT2D eigenvalue weighted by atomic mass is 9.53. The molecule has 54 heavy (non-hydrogen) atoms. The number of phenols is 1. The third-order valence-corrected chi connectivity index (χ3v) is 11.2. The normalized spacial score (nSPS) is 21.5. The van der Waals surface area contributed by atoms with E-state index in [1.54, 1.807) is 78.9 Å². The lowest BCUT2D eigenvalue weighted by Gasteiger charge is -2.49. The molecule has 3 heterocycles. The number of aromatic hydroxyl groups is 1. The van der Waals surface area contributed by atoms with Gasteiger partial charge >= 0.3 is 11.4 Å². The van der Waals surface area contributed by atoms with E-state index in [0.717, 1.165) is 9.58 Å². The van der Waals surface area contributed by atoms with Gasteiger partial charge in [-0.1, -0.05) is 59.6 Å². The zero-order chi connectivity index (χ0) is 38.1. The first-order valence-electron chi connectivity index (χ1n) is 16.9. The first kappa shape index (κ1) is 35.1. The number of nitrogens with one attached hydrogen (secondary N) is 1. The largest absolute Gasteiger partial charge is 0.502 e. The number of hydrogen-bond donors (Lipinski definition) is 2. The summed E-state index contributed by atoms with van der Waals surface area (Å²) >= 11 is 12.7. The molecule has 2 N–H and O–H groups in total. The van der Waals surface area contributed by atoms with Crippen molar-refractivity contribution in [3.8, 4) is 28.7 Å². The van der Waals surface area contributed by atoms with Crippen LogP contribution in [0.25, 0.3) is 5.69 Å². The fraction of sp³-hybridized carbons (Fsp3) is 0.231. The molecule has 2 amide bonds. The number of anilines is 1. The number of para-hydroxylation sites is 1. The lowest BCUT2D eigenvalue weighted by Crippen LogP contribution is -2.53. The van der Waals surface area contributed by atoms with Gasteiger partial charge in [0.2, 0.25) is 5.75 Å². The molecule has 2 aliphatic heterocycles. The summed E-state index contributed by atoms with van der Waals surface area (Å²) in [7, 11) is 4.30. The van der Waals surface area contributed by atoms with Gasteiger partial charge in [0, 0.05) is 10.9 Å². The number of nitrogens with zero attached hydrogens (tertiary/aromatic N) is 4. The summed E-state index contributed by atoms with van der Waals surface area (Å²) < 4.78 is 20.5. The van der Waals surface area contributed by atoms with E-state index in [-0.39, 0.29) is 40.9 Å². The summed E-state index contributed by atoms with van der Waals surface area (Å²) in [6.07, 6.45) is 1.80. The highest BCUT2D eigenvalue weighted by atomic mass is 35.5. The maximum atomic E-state index is 15.5. The Kier molecular flexibility index (Phi) is 8.58. The predicted molar refractivity (Wildman–Crippen MR) is 200 cm³/mol. The van der Waals surface area contributed by atoms with Crippen LogP contribution in [0, 0.1) is 5.92 Å². The number of ether oxygens (including phenoxy) is 3. The second kappa shape index (κ2) is 13.2. The summed E-state index contributed by atoms with van der Waals surface area (Å²) in [5.74, 6) is -2.87. The second-order valence-corrected chi connectivity index (χ2v) is 14.0. The molecule has 1 saturated heterocycles. The van der Waals surface area contributed by atoms with Gasteiger partial charge in [-0.25, -0.2) is 23.5 Å². The van der Waals surface area contributed by atoms with E-state index in [0.29, 0.717) is 33.2 Å². The molecule has 3 aliphatic rings. The Morgan fingerprint density at radius 3 is 2.15 bits per heavy atom.